The number of aliphatic hydroxyl groups excluding tert-OH is 2. The first kappa shape index (κ1) is 57.0. The second kappa shape index (κ2) is 25.2. The van der Waals surface area contributed by atoms with E-state index in [4.69, 9.17) is 18.9 Å². The van der Waals surface area contributed by atoms with Crippen LogP contribution in [-0.4, -0.2) is 155 Å². The highest BCUT2D eigenvalue weighted by Gasteiger charge is 2.49. The van der Waals surface area contributed by atoms with E-state index in [9.17, 15) is 48.6 Å². The Labute approximate surface area is 424 Å². The van der Waals surface area contributed by atoms with Crippen molar-refractivity contribution in [3.05, 3.63) is 77.9 Å². The van der Waals surface area contributed by atoms with E-state index in [-0.39, 0.29) is 18.6 Å². The smallest absolute Gasteiger partial charge is 0.332 e. The number of aliphatic hydroxyl groups is 2. The fraction of sp³-hybridized carbons (Fsp3) is 0.549. The van der Waals surface area contributed by atoms with Crippen LogP contribution in [-0.2, 0) is 63.8 Å². The van der Waals surface area contributed by atoms with Gasteiger partial charge in [-0.1, -0.05) is 83.5 Å². The van der Waals surface area contributed by atoms with E-state index >= 15 is 4.79 Å². The number of hydrogen-bond donors (Lipinski definition) is 8. The summed E-state index contributed by atoms with van der Waals surface area (Å²) in [5, 5.41) is 37.1. The van der Waals surface area contributed by atoms with E-state index in [1.165, 1.54) is 58.2 Å². The van der Waals surface area contributed by atoms with Crippen LogP contribution in [0.25, 0.3) is 0 Å². The lowest BCUT2D eigenvalue weighted by Gasteiger charge is -2.34. The summed E-state index contributed by atoms with van der Waals surface area (Å²) in [5.41, 5.74) is -0.249. The quantitative estimate of drug-likeness (QED) is 0.118. The summed E-state index contributed by atoms with van der Waals surface area (Å²) in [7, 11) is 1.32. The SMILES string of the molecule is CC[C@H](C)[C@@H]1NC(=O)[C@@H](NC(=O)[C@H](C)[C@H](O)C(C)C)[C@@H](C)OC(=O)[C@@H]2COC(=O)CNC(=O)/C=C/[C@]3(CO3)[C@@H](C)Oc3ccc(cc3)[C@H](NC1=O)C(=O)N(C)[C@@H](Cc1ccccc1)C(=O)N[C@@H]([C@@H](C)O)C(=O)N2. The van der Waals surface area contributed by atoms with Crippen molar-refractivity contribution < 1.29 is 72.3 Å². The molecule has 0 aromatic heterocycles. The normalized spacial score (nSPS) is 29.3. The highest BCUT2D eigenvalue weighted by molar-refractivity contribution is 5.98. The topological polar surface area (TPSA) is 310 Å². The molecule has 0 radical (unpaired) electrons. The first-order valence-corrected chi connectivity index (χ1v) is 24.4. The van der Waals surface area contributed by atoms with Crippen molar-refractivity contribution in [3.8, 4) is 5.75 Å². The number of esters is 2. The molecular formula is C51H69N7O15. The van der Waals surface area contributed by atoms with Crippen LogP contribution in [0.15, 0.2) is 66.7 Å². The molecule has 2 saturated heterocycles. The Morgan fingerprint density at radius 3 is 2.05 bits per heavy atom. The summed E-state index contributed by atoms with van der Waals surface area (Å²) in [5.74, 6) is -10.7. The molecule has 73 heavy (non-hydrogen) atoms. The van der Waals surface area contributed by atoms with Gasteiger partial charge in [-0.05, 0) is 61.9 Å². The molecule has 2 fully saturated rings. The standard InChI is InChI=1S/C51H69N7O15/c1-10-27(4)39-46(65)57-42-33-16-18-34(19-17-33)73-31(8)51(25-71-51)21-20-37(60)52-23-38(61)70-24-35(50(69)72-30(7)41(48(67)54-39)56-44(63)28(5)43(62)26(2)3)53-47(66)40(29(6)59)55-45(64)36(58(9)49(42)68)22-32-14-12-11-13-15-32/h11-21,26-31,35-36,39-43,59,62H,10,22-25H2,1-9H3,(H,52,60)(H,53,66)(H,54,67)(H,55,64)(H,56,63)(H,57,65)/b21-20+/t27-,28+,29+,30+,31+,35-,36-,39-,40-,41-,42-,43+,51-/m0/s1. The number of hydrogen-bond acceptors (Lipinski definition) is 15. The number of benzene rings is 2. The second-order valence-electron chi connectivity index (χ2n) is 19.2. The minimum Gasteiger partial charge on any atom is -0.487 e. The van der Waals surface area contributed by atoms with Crippen molar-refractivity contribution in [2.24, 2.45) is 17.8 Å². The number of likely N-dealkylation sites (N-methyl/N-ethyl adjacent to an activating group) is 1. The fourth-order valence-electron chi connectivity index (χ4n) is 8.15. The van der Waals surface area contributed by atoms with Gasteiger partial charge in [-0.25, -0.2) is 4.79 Å². The summed E-state index contributed by atoms with van der Waals surface area (Å²) in [6.07, 6.45) is -2.39. The van der Waals surface area contributed by atoms with Gasteiger partial charge >= 0.3 is 11.9 Å². The van der Waals surface area contributed by atoms with Crippen LogP contribution in [0.1, 0.15) is 79.0 Å². The zero-order valence-corrected chi connectivity index (χ0v) is 42.5. The van der Waals surface area contributed by atoms with Crippen LogP contribution < -0.4 is 36.6 Å². The lowest BCUT2D eigenvalue weighted by Crippen LogP contribution is -2.61. The summed E-state index contributed by atoms with van der Waals surface area (Å²) >= 11 is 0. The van der Waals surface area contributed by atoms with Gasteiger partial charge in [-0.2, -0.15) is 0 Å². The number of carbonyl (C=O) groups is 9. The number of carbonyl (C=O) groups excluding carboxylic acids is 9. The molecule has 22 nitrogen and oxygen atoms in total. The number of epoxide rings is 1. The Hall–Kier alpha value is -6.91. The molecule has 7 amide bonds. The molecule has 6 rings (SSSR count). The van der Waals surface area contributed by atoms with Crippen molar-refractivity contribution in [3.63, 3.8) is 0 Å². The summed E-state index contributed by atoms with van der Waals surface area (Å²) in [6, 6.07) is 4.69. The number of fused-ring (bicyclic) bond motifs is 9. The number of ether oxygens (including phenoxy) is 4. The van der Waals surface area contributed by atoms with E-state index < -0.39 is 150 Å². The summed E-state index contributed by atoms with van der Waals surface area (Å²) < 4.78 is 23.0. The highest BCUT2D eigenvalue weighted by Crippen LogP contribution is 2.35. The zero-order chi connectivity index (χ0) is 53.9. The molecule has 2 aromatic rings. The lowest BCUT2D eigenvalue weighted by molar-refractivity contribution is -0.160. The predicted octanol–water partition coefficient (Wildman–Crippen LogP) is -0.356. The number of nitrogens with zero attached hydrogens (tertiary/aromatic N) is 1. The molecular weight excluding hydrogens is 951 g/mol. The third-order valence-electron chi connectivity index (χ3n) is 13.4. The molecule has 4 bridgehead atoms. The molecule has 1 spiro atoms. The van der Waals surface area contributed by atoms with Crippen molar-refractivity contribution in [2.75, 3.05) is 26.8 Å². The van der Waals surface area contributed by atoms with E-state index in [1.54, 1.807) is 65.0 Å². The molecule has 4 aliphatic heterocycles. The highest BCUT2D eigenvalue weighted by atomic mass is 16.6. The second-order valence-corrected chi connectivity index (χ2v) is 19.2. The average Bonchev–Trinajstić information content (AvgIpc) is 4.17. The largest absolute Gasteiger partial charge is 0.487 e. The van der Waals surface area contributed by atoms with E-state index in [2.05, 4.69) is 31.9 Å². The molecule has 13 atom stereocenters. The van der Waals surface area contributed by atoms with Crippen LogP contribution in [0.3, 0.4) is 0 Å². The van der Waals surface area contributed by atoms with Gasteiger partial charge in [0.2, 0.25) is 41.4 Å². The maximum Gasteiger partial charge on any atom is 0.332 e. The van der Waals surface area contributed by atoms with Crippen LogP contribution in [0.2, 0.25) is 0 Å². The third-order valence-corrected chi connectivity index (χ3v) is 13.4. The summed E-state index contributed by atoms with van der Waals surface area (Å²) in [6.45, 7) is 10.8. The maximum atomic E-state index is 15.2. The monoisotopic (exact) mass is 1020 g/mol. The average molecular weight is 1020 g/mol. The van der Waals surface area contributed by atoms with Crippen molar-refractivity contribution in [2.45, 2.75) is 134 Å². The van der Waals surface area contributed by atoms with Gasteiger partial charge in [-0.15, -0.1) is 0 Å². The van der Waals surface area contributed by atoms with Gasteiger partial charge in [-0.3, -0.25) is 38.4 Å². The maximum absolute atomic E-state index is 15.2. The van der Waals surface area contributed by atoms with Crippen LogP contribution >= 0.6 is 0 Å². The Balaban J connectivity index is 1.72. The van der Waals surface area contributed by atoms with Gasteiger partial charge in [0.05, 0.1) is 24.7 Å². The first-order valence-electron chi connectivity index (χ1n) is 24.4. The van der Waals surface area contributed by atoms with Gasteiger partial charge in [0.15, 0.2) is 6.04 Å². The molecule has 2 aromatic carbocycles. The molecule has 4 aliphatic rings. The van der Waals surface area contributed by atoms with Gasteiger partial charge in [0.1, 0.15) is 66.9 Å². The minimum absolute atomic E-state index is 0.141. The summed E-state index contributed by atoms with van der Waals surface area (Å²) in [4.78, 5) is 129. The van der Waals surface area contributed by atoms with Crippen LogP contribution in [0.5, 0.6) is 5.75 Å². The Morgan fingerprint density at radius 1 is 0.822 bits per heavy atom. The minimum atomic E-state index is -1.94. The number of cyclic esters (lactones) is 1. The van der Waals surface area contributed by atoms with Crippen LogP contribution in [0, 0.1) is 17.8 Å². The number of nitrogens with one attached hydrogen (secondary N) is 6. The van der Waals surface area contributed by atoms with E-state index in [1.807, 2.05) is 0 Å². The van der Waals surface area contributed by atoms with Gasteiger partial charge < -0.3 is 66.0 Å². The molecule has 0 saturated carbocycles. The zero-order valence-electron chi connectivity index (χ0n) is 42.5. The fourth-order valence-corrected chi connectivity index (χ4v) is 8.15. The molecule has 4 heterocycles. The Kier molecular flexibility index (Phi) is 19.6. The van der Waals surface area contributed by atoms with Crippen molar-refractivity contribution in [1.82, 2.24) is 36.8 Å². The van der Waals surface area contributed by atoms with Gasteiger partial charge in [0.25, 0.3) is 0 Å². The Bertz CT molecular complexity index is 2360. The van der Waals surface area contributed by atoms with Gasteiger partial charge in [0, 0.05) is 19.5 Å². The van der Waals surface area contributed by atoms with E-state index in [0.717, 1.165) is 11.0 Å². The van der Waals surface area contributed by atoms with Crippen molar-refractivity contribution in [1.29, 1.82) is 0 Å². The Morgan fingerprint density at radius 2 is 1.45 bits per heavy atom. The molecule has 8 N–H and O–H groups in total. The lowest BCUT2D eigenvalue weighted by atomic mass is 9.93. The molecule has 398 valence electrons. The molecule has 0 aliphatic carbocycles. The predicted molar refractivity (Wildman–Crippen MR) is 260 cm³/mol. The van der Waals surface area contributed by atoms with E-state index in [0.29, 0.717) is 17.7 Å². The molecule has 0 unspecified atom stereocenters. The van der Waals surface area contributed by atoms with Crippen LogP contribution in [0.4, 0.5) is 0 Å². The molecule has 22 heteroatoms. The third kappa shape index (κ3) is 14.8. The first-order chi connectivity index (χ1) is 34.5. The number of rotatable bonds is 9. The van der Waals surface area contributed by atoms with Crippen molar-refractivity contribution >= 4 is 53.3 Å². The number of amides is 7.